The molecular weight excluding hydrogens is 255 g/mol. The summed E-state index contributed by atoms with van der Waals surface area (Å²) in [5.74, 6) is 1.31. The Morgan fingerprint density at radius 2 is 1.80 bits per heavy atom. The van der Waals surface area contributed by atoms with E-state index in [0.717, 1.165) is 22.6 Å². The van der Waals surface area contributed by atoms with Crippen molar-refractivity contribution in [3.05, 3.63) is 78.3 Å². The van der Waals surface area contributed by atoms with Gasteiger partial charge in [0, 0.05) is 5.56 Å². The highest BCUT2D eigenvalue weighted by atomic mass is 19.1. The van der Waals surface area contributed by atoms with Crippen molar-refractivity contribution in [2.24, 2.45) is 0 Å². The highest BCUT2D eigenvalue weighted by Crippen LogP contribution is 2.24. The summed E-state index contributed by atoms with van der Waals surface area (Å²) in [5.41, 5.74) is 1.89. The molecule has 0 radical (unpaired) electrons. The van der Waals surface area contributed by atoms with E-state index in [1.165, 1.54) is 12.1 Å². The van der Waals surface area contributed by atoms with Crippen LogP contribution in [0.15, 0.2) is 71.3 Å². The number of ether oxygens (including phenoxy) is 1. The molecule has 1 heterocycles. The van der Waals surface area contributed by atoms with E-state index in [-0.39, 0.29) is 5.82 Å². The summed E-state index contributed by atoms with van der Waals surface area (Å²) in [6.07, 6.45) is 1.64. The van der Waals surface area contributed by atoms with Gasteiger partial charge in [0.25, 0.3) is 0 Å². The van der Waals surface area contributed by atoms with Gasteiger partial charge in [-0.15, -0.1) is 0 Å². The maximum Gasteiger partial charge on any atom is 0.133 e. The zero-order chi connectivity index (χ0) is 13.8. The lowest BCUT2D eigenvalue weighted by molar-refractivity contribution is 0.306. The van der Waals surface area contributed by atoms with Gasteiger partial charge >= 0.3 is 0 Å². The molecule has 0 aliphatic rings. The molecule has 1 aromatic heterocycles. The zero-order valence-corrected chi connectivity index (χ0v) is 10.8. The Labute approximate surface area is 116 Å². The predicted octanol–water partition coefficient (Wildman–Crippen LogP) is 4.66. The normalized spacial score (nSPS) is 10.4. The fourth-order valence-electron chi connectivity index (χ4n) is 1.93. The van der Waals surface area contributed by atoms with Gasteiger partial charge in [-0.05, 0) is 42.0 Å². The van der Waals surface area contributed by atoms with Crippen LogP contribution in [0.25, 0.3) is 11.3 Å². The van der Waals surface area contributed by atoms with Crippen molar-refractivity contribution >= 4 is 0 Å². The van der Waals surface area contributed by atoms with E-state index in [2.05, 4.69) is 0 Å². The van der Waals surface area contributed by atoms with E-state index in [1.54, 1.807) is 18.4 Å². The fourth-order valence-corrected chi connectivity index (χ4v) is 1.93. The molecule has 0 saturated carbocycles. The minimum Gasteiger partial charge on any atom is -0.489 e. The Morgan fingerprint density at radius 1 is 0.950 bits per heavy atom. The van der Waals surface area contributed by atoms with Crippen LogP contribution in [0.1, 0.15) is 5.56 Å². The average Bonchev–Trinajstić information content (AvgIpc) is 3.01. The molecule has 20 heavy (non-hydrogen) atoms. The van der Waals surface area contributed by atoms with E-state index in [9.17, 15) is 4.39 Å². The van der Waals surface area contributed by atoms with Gasteiger partial charge in [-0.2, -0.15) is 0 Å². The van der Waals surface area contributed by atoms with Crippen molar-refractivity contribution in [2.45, 2.75) is 6.61 Å². The van der Waals surface area contributed by atoms with Gasteiger partial charge in [0.2, 0.25) is 0 Å². The van der Waals surface area contributed by atoms with E-state index in [0.29, 0.717) is 6.61 Å². The minimum atomic E-state index is -0.242. The highest BCUT2D eigenvalue weighted by Gasteiger charge is 2.02. The Bertz CT molecular complexity index is 672. The largest absolute Gasteiger partial charge is 0.489 e. The molecule has 2 nitrogen and oxygen atoms in total. The Balaban J connectivity index is 1.72. The van der Waals surface area contributed by atoms with Crippen molar-refractivity contribution in [3.8, 4) is 17.1 Å². The van der Waals surface area contributed by atoms with Gasteiger partial charge in [-0.25, -0.2) is 4.39 Å². The van der Waals surface area contributed by atoms with Crippen LogP contribution in [0.4, 0.5) is 4.39 Å². The molecule has 0 N–H and O–H groups in total. The fraction of sp³-hybridized carbons (Fsp3) is 0.0588. The predicted molar refractivity (Wildman–Crippen MR) is 74.9 cm³/mol. The molecule has 0 spiro atoms. The highest BCUT2D eigenvalue weighted by molar-refractivity contribution is 5.59. The average molecular weight is 268 g/mol. The van der Waals surface area contributed by atoms with Crippen LogP contribution in [0.5, 0.6) is 5.75 Å². The summed E-state index contributed by atoms with van der Waals surface area (Å²) in [6.45, 7) is 0.405. The Kier molecular flexibility index (Phi) is 3.50. The van der Waals surface area contributed by atoms with Crippen LogP contribution in [-0.2, 0) is 6.61 Å². The van der Waals surface area contributed by atoms with Crippen molar-refractivity contribution in [3.63, 3.8) is 0 Å². The van der Waals surface area contributed by atoms with E-state index in [1.807, 2.05) is 36.4 Å². The lowest BCUT2D eigenvalue weighted by atomic mass is 10.1. The third-order valence-corrected chi connectivity index (χ3v) is 2.96. The smallest absolute Gasteiger partial charge is 0.133 e. The van der Waals surface area contributed by atoms with Crippen molar-refractivity contribution < 1.29 is 13.5 Å². The SMILES string of the molecule is Fc1ccc(COc2cccc(-c3ccco3)c2)cc1. The molecule has 0 aliphatic heterocycles. The quantitative estimate of drug-likeness (QED) is 0.686. The maximum absolute atomic E-state index is 12.8. The molecule has 0 amide bonds. The monoisotopic (exact) mass is 268 g/mol. The van der Waals surface area contributed by atoms with Gasteiger partial charge in [0.05, 0.1) is 6.26 Å². The summed E-state index contributed by atoms with van der Waals surface area (Å²) >= 11 is 0. The Morgan fingerprint density at radius 3 is 2.55 bits per heavy atom. The standard InChI is InChI=1S/C17H13FO2/c18-15-8-6-13(7-9-15)12-20-16-4-1-3-14(11-16)17-5-2-10-19-17/h1-11H,12H2. The summed E-state index contributed by atoms with van der Waals surface area (Å²) in [4.78, 5) is 0. The first-order valence-corrected chi connectivity index (χ1v) is 6.32. The van der Waals surface area contributed by atoms with Gasteiger partial charge in [-0.3, -0.25) is 0 Å². The molecule has 0 saturated heterocycles. The van der Waals surface area contributed by atoms with E-state index >= 15 is 0 Å². The molecule has 0 atom stereocenters. The second kappa shape index (κ2) is 5.61. The van der Waals surface area contributed by atoms with Crippen LogP contribution < -0.4 is 4.74 Å². The molecule has 0 fully saturated rings. The summed E-state index contributed by atoms with van der Waals surface area (Å²) in [5, 5.41) is 0. The van der Waals surface area contributed by atoms with Crippen molar-refractivity contribution in [1.82, 2.24) is 0 Å². The molecular formula is C17H13FO2. The lowest BCUT2D eigenvalue weighted by Gasteiger charge is -2.07. The first-order valence-electron chi connectivity index (χ1n) is 6.32. The third kappa shape index (κ3) is 2.88. The number of furan rings is 1. The molecule has 0 aliphatic carbocycles. The second-order valence-electron chi connectivity index (χ2n) is 4.42. The van der Waals surface area contributed by atoms with Crippen LogP contribution >= 0.6 is 0 Å². The third-order valence-electron chi connectivity index (χ3n) is 2.96. The second-order valence-corrected chi connectivity index (χ2v) is 4.42. The van der Waals surface area contributed by atoms with Gasteiger partial charge in [0.15, 0.2) is 0 Å². The number of hydrogen-bond acceptors (Lipinski definition) is 2. The van der Waals surface area contributed by atoms with Crippen molar-refractivity contribution in [1.29, 1.82) is 0 Å². The van der Waals surface area contributed by atoms with Gasteiger partial charge < -0.3 is 9.15 Å². The molecule has 2 aromatic carbocycles. The van der Waals surface area contributed by atoms with Gasteiger partial charge in [-0.1, -0.05) is 24.3 Å². The van der Waals surface area contributed by atoms with Crippen LogP contribution in [0, 0.1) is 5.82 Å². The van der Waals surface area contributed by atoms with Gasteiger partial charge in [0.1, 0.15) is 23.9 Å². The molecule has 0 unspecified atom stereocenters. The lowest BCUT2D eigenvalue weighted by Crippen LogP contribution is -1.95. The number of halogens is 1. The summed E-state index contributed by atoms with van der Waals surface area (Å²) in [6, 6.07) is 17.7. The topological polar surface area (TPSA) is 22.4 Å². The maximum atomic E-state index is 12.8. The first kappa shape index (κ1) is 12.5. The number of hydrogen-bond donors (Lipinski definition) is 0. The van der Waals surface area contributed by atoms with E-state index in [4.69, 9.17) is 9.15 Å². The molecule has 3 heteroatoms. The molecule has 3 aromatic rings. The number of rotatable bonds is 4. The zero-order valence-electron chi connectivity index (χ0n) is 10.8. The van der Waals surface area contributed by atoms with Crippen LogP contribution in [0.2, 0.25) is 0 Å². The molecule has 100 valence electrons. The first-order chi connectivity index (χ1) is 9.81. The Hall–Kier alpha value is -2.55. The van der Waals surface area contributed by atoms with E-state index < -0.39 is 0 Å². The number of benzene rings is 2. The van der Waals surface area contributed by atoms with Crippen LogP contribution in [-0.4, -0.2) is 0 Å². The summed E-state index contributed by atoms with van der Waals surface area (Å²) in [7, 11) is 0. The molecule has 0 bridgehead atoms. The summed E-state index contributed by atoms with van der Waals surface area (Å²) < 4.78 is 23.9. The minimum absolute atomic E-state index is 0.242. The van der Waals surface area contributed by atoms with Crippen molar-refractivity contribution in [2.75, 3.05) is 0 Å². The molecule has 3 rings (SSSR count). The van der Waals surface area contributed by atoms with Crippen LogP contribution in [0.3, 0.4) is 0 Å².